The fourth-order valence-electron chi connectivity index (χ4n) is 2.36. The summed E-state index contributed by atoms with van der Waals surface area (Å²) in [6.07, 6.45) is -0.278. The smallest absolute Gasteiger partial charge is 0.193 e. The second-order valence-corrected chi connectivity index (χ2v) is 13.6. The third kappa shape index (κ3) is 5.00. The van der Waals surface area contributed by atoms with E-state index >= 15 is 0 Å². The topological polar surface area (TPSA) is 35.2 Å². The molecule has 2 atom stereocenters. The minimum atomic E-state index is -2.04. The van der Waals surface area contributed by atoms with Crippen molar-refractivity contribution in [1.29, 1.82) is 0 Å². The van der Waals surface area contributed by atoms with Crippen LogP contribution in [-0.4, -0.2) is 8.32 Å². The molecule has 2 aromatic rings. The Morgan fingerprint density at radius 2 is 1.44 bits per heavy atom. The summed E-state index contributed by atoms with van der Waals surface area (Å²) in [6.45, 7) is 11.1. The molecule has 136 valence electrons. The molecule has 0 heterocycles. The van der Waals surface area contributed by atoms with Gasteiger partial charge in [0.2, 0.25) is 0 Å². The molecule has 0 saturated heterocycles. The number of rotatable bonds is 5. The van der Waals surface area contributed by atoms with Crippen LogP contribution in [0.2, 0.25) is 18.1 Å². The van der Waals surface area contributed by atoms with Gasteiger partial charge in [0.05, 0.1) is 12.1 Å². The fraction of sp³-hybridized carbons (Fsp3) is 0.400. The average Bonchev–Trinajstić information content (AvgIpc) is 2.52. The zero-order valence-electron chi connectivity index (χ0n) is 15.5. The van der Waals surface area contributed by atoms with Crippen molar-refractivity contribution in [2.45, 2.75) is 51.0 Å². The van der Waals surface area contributed by atoms with Gasteiger partial charge in [-0.2, -0.15) is 0 Å². The summed E-state index contributed by atoms with van der Waals surface area (Å²) < 4.78 is 21.0. The van der Waals surface area contributed by atoms with Gasteiger partial charge >= 0.3 is 0 Å². The molecule has 25 heavy (non-hydrogen) atoms. The van der Waals surface area contributed by atoms with Crippen LogP contribution in [0.25, 0.3) is 0 Å². The fourth-order valence-corrected chi connectivity index (χ4v) is 3.89. The van der Waals surface area contributed by atoms with Crippen molar-refractivity contribution in [2.75, 3.05) is 0 Å². The normalized spacial score (nSPS) is 15.0. The first kappa shape index (κ1) is 20.3. The van der Waals surface area contributed by atoms with Crippen molar-refractivity contribution in [2.24, 2.45) is 5.73 Å². The lowest BCUT2D eigenvalue weighted by atomic mass is 9.97. The van der Waals surface area contributed by atoms with Crippen molar-refractivity contribution in [3.63, 3.8) is 0 Å². The molecule has 0 unspecified atom stereocenters. The monoisotopic (exact) mass is 423 g/mol. The molecule has 2 rings (SSSR count). The molecule has 0 amide bonds. The van der Waals surface area contributed by atoms with Gasteiger partial charge in [0.25, 0.3) is 0 Å². The second-order valence-electron chi connectivity index (χ2n) is 7.93. The zero-order chi connectivity index (χ0) is 18.8. The van der Waals surface area contributed by atoms with Crippen LogP contribution in [0, 0.1) is 5.82 Å². The van der Waals surface area contributed by atoms with Gasteiger partial charge in [0, 0.05) is 4.47 Å². The first-order valence-electron chi connectivity index (χ1n) is 8.45. The van der Waals surface area contributed by atoms with Crippen LogP contribution in [0.4, 0.5) is 4.39 Å². The van der Waals surface area contributed by atoms with Gasteiger partial charge in [-0.15, -0.1) is 0 Å². The predicted molar refractivity (Wildman–Crippen MR) is 108 cm³/mol. The van der Waals surface area contributed by atoms with Crippen LogP contribution < -0.4 is 5.73 Å². The van der Waals surface area contributed by atoms with Gasteiger partial charge in [-0.3, -0.25) is 0 Å². The summed E-state index contributed by atoms with van der Waals surface area (Å²) >= 11 is 3.47. The molecule has 2 nitrogen and oxygen atoms in total. The summed E-state index contributed by atoms with van der Waals surface area (Å²) in [7, 11) is -2.04. The highest BCUT2D eigenvalue weighted by molar-refractivity contribution is 9.10. The maximum atomic E-state index is 13.3. The van der Waals surface area contributed by atoms with E-state index in [2.05, 4.69) is 49.8 Å². The highest BCUT2D eigenvalue weighted by Crippen LogP contribution is 2.42. The average molecular weight is 424 g/mol. The molecule has 5 heteroatoms. The number of nitrogens with two attached hydrogens (primary N) is 1. The highest BCUT2D eigenvalue weighted by atomic mass is 79.9. The van der Waals surface area contributed by atoms with E-state index < -0.39 is 8.32 Å². The number of halogens is 2. The second kappa shape index (κ2) is 7.70. The van der Waals surface area contributed by atoms with E-state index in [-0.39, 0.29) is 23.0 Å². The SMILES string of the molecule is CC(C)(C)[Si](C)(C)O[C@H](c1ccc(Br)cc1)[C@@H](N)c1ccc(F)cc1. The Labute approximate surface area is 159 Å². The Balaban J connectivity index is 2.41. The molecule has 0 aliphatic rings. The summed E-state index contributed by atoms with van der Waals surface area (Å²) in [6, 6.07) is 14.1. The lowest BCUT2D eigenvalue weighted by molar-refractivity contribution is 0.154. The lowest BCUT2D eigenvalue weighted by Crippen LogP contribution is -2.43. The van der Waals surface area contributed by atoms with Crippen LogP contribution in [0.5, 0.6) is 0 Å². The minimum absolute atomic E-state index is 0.0725. The Kier molecular flexibility index (Phi) is 6.25. The Morgan fingerprint density at radius 3 is 1.92 bits per heavy atom. The third-order valence-corrected chi connectivity index (χ3v) is 9.99. The number of hydrogen-bond donors (Lipinski definition) is 1. The van der Waals surface area contributed by atoms with Gasteiger partial charge < -0.3 is 10.2 Å². The highest BCUT2D eigenvalue weighted by Gasteiger charge is 2.41. The molecule has 2 aromatic carbocycles. The molecular formula is C20H27BrFNOSi. The van der Waals surface area contributed by atoms with Crippen LogP contribution in [0.3, 0.4) is 0 Å². The van der Waals surface area contributed by atoms with Gasteiger partial charge in [-0.05, 0) is 53.5 Å². The number of hydrogen-bond acceptors (Lipinski definition) is 2. The van der Waals surface area contributed by atoms with Crippen molar-refractivity contribution >= 4 is 24.2 Å². The summed E-state index contributed by atoms with van der Waals surface area (Å²) in [5.41, 5.74) is 8.47. The summed E-state index contributed by atoms with van der Waals surface area (Å²) in [4.78, 5) is 0. The van der Waals surface area contributed by atoms with E-state index in [0.29, 0.717) is 0 Å². The molecule has 0 saturated carbocycles. The van der Waals surface area contributed by atoms with Crippen molar-refractivity contribution < 1.29 is 8.82 Å². The molecule has 0 bridgehead atoms. The minimum Gasteiger partial charge on any atom is -0.408 e. The third-order valence-electron chi connectivity index (χ3n) is 5.01. The van der Waals surface area contributed by atoms with Gasteiger partial charge in [0.15, 0.2) is 8.32 Å². The Hall–Kier alpha value is -1.01. The van der Waals surface area contributed by atoms with Crippen LogP contribution in [-0.2, 0) is 4.43 Å². The van der Waals surface area contributed by atoms with Gasteiger partial charge in [-0.25, -0.2) is 4.39 Å². The Bertz CT molecular complexity index is 695. The maximum absolute atomic E-state index is 13.3. The molecule has 0 aliphatic heterocycles. The van der Waals surface area contributed by atoms with Gasteiger partial charge in [-0.1, -0.05) is 61.0 Å². The van der Waals surface area contributed by atoms with E-state index in [4.69, 9.17) is 10.2 Å². The van der Waals surface area contributed by atoms with Crippen molar-refractivity contribution in [1.82, 2.24) is 0 Å². The van der Waals surface area contributed by atoms with E-state index in [1.165, 1.54) is 12.1 Å². The Morgan fingerprint density at radius 1 is 0.960 bits per heavy atom. The van der Waals surface area contributed by atoms with E-state index in [1.807, 2.05) is 24.3 Å². The van der Waals surface area contributed by atoms with Crippen LogP contribution in [0.15, 0.2) is 53.0 Å². The van der Waals surface area contributed by atoms with Crippen molar-refractivity contribution in [3.05, 3.63) is 69.9 Å². The van der Waals surface area contributed by atoms with E-state index in [0.717, 1.165) is 15.6 Å². The first-order chi connectivity index (χ1) is 11.5. The van der Waals surface area contributed by atoms with Gasteiger partial charge in [0.1, 0.15) is 5.82 Å². The quantitative estimate of drug-likeness (QED) is 0.568. The predicted octanol–water partition coefficient (Wildman–Crippen LogP) is 6.35. The van der Waals surface area contributed by atoms with Crippen molar-refractivity contribution in [3.8, 4) is 0 Å². The molecular weight excluding hydrogens is 397 g/mol. The number of benzene rings is 2. The molecule has 0 fully saturated rings. The van der Waals surface area contributed by atoms with Crippen LogP contribution in [0.1, 0.15) is 44.0 Å². The van der Waals surface area contributed by atoms with E-state index in [1.54, 1.807) is 12.1 Å². The zero-order valence-corrected chi connectivity index (χ0v) is 18.1. The molecule has 0 aliphatic carbocycles. The molecule has 0 aromatic heterocycles. The lowest BCUT2D eigenvalue weighted by Gasteiger charge is -2.41. The molecule has 0 spiro atoms. The summed E-state index contributed by atoms with van der Waals surface area (Å²) in [5, 5.41) is 0.0725. The maximum Gasteiger partial charge on any atom is 0.193 e. The summed E-state index contributed by atoms with van der Waals surface area (Å²) in [5.74, 6) is -0.263. The molecule has 2 N–H and O–H groups in total. The standard InChI is InChI=1S/C20H27BrFNOSi/c1-20(2,3)25(4,5)24-19(15-6-10-16(21)11-7-15)18(23)14-8-12-17(22)13-9-14/h6-13,18-19H,23H2,1-5H3/t18-,19+/m0/s1. The largest absolute Gasteiger partial charge is 0.408 e. The molecule has 0 radical (unpaired) electrons. The van der Waals surface area contributed by atoms with E-state index in [9.17, 15) is 4.39 Å². The van der Waals surface area contributed by atoms with Crippen LogP contribution >= 0.6 is 15.9 Å². The first-order valence-corrected chi connectivity index (χ1v) is 12.2.